The quantitative estimate of drug-likeness (QED) is 0.514. The number of hydrogen-bond donors (Lipinski definition) is 1. The summed E-state index contributed by atoms with van der Waals surface area (Å²) in [5.41, 5.74) is 0. The maximum Gasteiger partial charge on any atom is 0.102 e. The smallest absolute Gasteiger partial charge is 0.102 e. The Kier molecular flexibility index (Phi) is 6.28. The largest absolute Gasteiger partial charge is 0.395 e. The van der Waals surface area contributed by atoms with Crippen molar-refractivity contribution in [2.45, 2.75) is 38.8 Å². The molecule has 0 amide bonds. The van der Waals surface area contributed by atoms with Gasteiger partial charge in [-0.1, -0.05) is 19.1 Å². The SMILES string of the molecule is CC/C=C/CCCC1N=CCN1CCO. The van der Waals surface area contributed by atoms with Gasteiger partial charge in [0.1, 0.15) is 6.17 Å². The second-order valence-corrected chi connectivity index (χ2v) is 3.84. The fourth-order valence-electron chi connectivity index (χ4n) is 1.82. The molecule has 0 saturated carbocycles. The first-order valence-electron chi connectivity index (χ1n) is 5.90. The molecule has 0 aliphatic carbocycles. The van der Waals surface area contributed by atoms with Gasteiger partial charge in [0.2, 0.25) is 0 Å². The molecule has 0 fully saturated rings. The van der Waals surface area contributed by atoms with Crippen LogP contribution in [-0.4, -0.2) is 42.1 Å². The number of nitrogens with zero attached hydrogens (tertiary/aromatic N) is 2. The van der Waals surface area contributed by atoms with Gasteiger partial charge in [0.15, 0.2) is 0 Å². The van der Waals surface area contributed by atoms with Crippen molar-refractivity contribution in [3.05, 3.63) is 12.2 Å². The molecule has 0 saturated heterocycles. The predicted molar refractivity (Wildman–Crippen MR) is 64.2 cm³/mol. The maximum absolute atomic E-state index is 8.88. The van der Waals surface area contributed by atoms with Gasteiger partial charge in [0.05, 0.1) is 6.61 Å². The Balaban J connectivity index is 2.14. The summed E-state index contributed by atoms with van der Waals surface area (Å²) in [6.07, 6.45) is 11.3. The van der Waals surface area contributed by atoms with E-state index < -0.39 is 0 Å². The molecule has 15 heavy (non-hydrogen) atoms. The summed E-state index contributed by atoms with van der Waals surface area (Å²) in [6.45, 7) is 4.03. The molecule has 1 heterocycles. The lowest BCUT2D eigenvalue weighted by molar-refractivity contribution is 0.177. The van der Waals surface area contributed by atoms with Crippen LogP contribution in [0.5, 0.6) is 0 Å². The van der Waals surface area contributed by atoms with Crippen LogP contribution in [0, 0.1) is 0 Å². The number of aliphatic hydroxyl groups excluding tert-OH is 1. The van der Waals surface area contributed by atoms with Gasteiger partial charge < -0.3 is 5.11 Å². The van der Waals surface area contributed by atoms with E-state index in [1.54, 1.807) is 0 Å². The molecule has 0 bridgehead atoms. The van der Waals surface area contributed by atoms with Crippen molar-refractivity contribution >= 4 is 6.21 Å². The van der Waals surface area contributed by atoms with E-state index in [4.69, 9.17) is 5.11 Å². The van der Waals surface area contributed by atoms with Crippen molar-refractivity contribution < 1.29 is 5.11 Å². The van der Waals surface area contributed by atoms with Gasteiger partial charge in [-0.25, -0.2) is 0 Å². The number of aliphatic hydroxyl groups is 1. The molecule has 1 aliphatic heterocycles. The van der Waals surface area contributed by atoms with Crippen LogP contribution in [0.4, 0.5) is 0 Å². The lowest BCUT2D eigenvalue weighted by atomic mass is 10.2. The first-order valence-corrected chi connectivity index (χ1v) is 5.90. The standard InChI is InChI=1S/C12H22N2O/c1-2-3-4-5-6-7-12-13-8-9-14(12)10-11-15/h3-4,8,12,15H,2,5-7,9-11H2,1H3/b4-3+. The van der Waals surface area contributed by atoms with E-state index in [1.165, 1.54) is 6.42 Å². The minimum Gasteiger partial charge on any atom is -0.395 e. The summed E-state index contributed by atoms with van der Waals surface area (Å²) in [4.78, 5) is 6.64. The van der Waals surface area contributed by atoms with Crippen molar-refractivity contribution in [1.82, 2.24) is 4.90 Å². The summed E-state index contributed by atoms with van der Waals surface area (Å²) in [7, 11) is 0. The number of hydrogen-bond acceptors (Lipinski definition) is 3. The van der Waals surface area contributed by atoms with E-state index in [2.05, 4.69) is 29.0 Å². The third-order valence-electron chi connectivity index (χ3n) is 2.64. The average molecular weight is 210 g/mol. The molecule has 0 aromatic rings. The van der Waals surface area contributed by atoms with Gasteiger partial charge in [-0.05, 0) is 25.7 Å². The highest BCUT2D eigenvalue weighted by Gasteiger charge is 2.19. The Morgan fingerprint density at radius 3 is 3.13 bits per heavy atom. The third kappa shape index (κ3) is 4.58. The van der Waals surface area contributed by atoms with E-state index in [0.29, 0.717) is 6.17 Å². The number of rotatable bonds is 7. The van der Waals surface area contributed by atoms with Crippen molar-refractivity contribution in [2.24, 2.45) is 4.99 Å². The zero-order chi connectivity index (χ0) is 10.9. The molecule has 1 atom stereocenters. The van der Waals surface area contributed by atoms with E-state index >= 15 is 0 Å². The fraction of sp³-hybridized carbons (Fsp3) is 0.750. The van der Waals surface area contributed by atoms with Crippen LogP contribution in [0.1, 0.15) is 32.6 Å². The summed E-state index contributed by atoms with van der Waals surface area (Å²) in [5.74, 6) is 0. The zero-order valence-electron chi connectivity index (χ0n) is 9.60. The number of allylic oxidation sites excluding steroid dienone is 2. The molecule has 1 aliphatic rings. The van der Waals surface area contributed by atoms with Crippen LogP contribution in [0.15, 0.2) is 17.1 Å². The highest BCUT2D eigenvalue weighted by atomic mass is 16.3. The molecule has 86 valence electrons. The fourth-order valence-corrected chi connectivity index (χ4v) is 1.82. The summed E-state index contributed by atoms with van der Waals surface area (Å²) >= 11 is 0. The predicted octanol–water partition coefficient (Wildman–Crippen LogP) is 1.83. The second-order valence-electron chi connectivity index (χ2n) is 3.84. The Bertz CT molecular complexity index is 214. The molecule has 3 heteroatoms. The van der Waals surface area contributed by atoms with E-state index in [1.807, 2.05) is 6.21 Å². The highest BCUT2D eigenvalue weighted by Crippen LogP contribution is 2.13. The zero-order valence-corrected chi connectivity index (χ0v) is 9.60. The number of aliphatic imine (C=N–C) groups is 1. The van der Waals surface area contributed by atoms with Crippen LogP contribution in [0.3, 0.4) is 0 Å². The van der Waals surface area contributed by atoms with Gasteiger partial charge in [-0.15, -0.1) is 0 Å². The second kappa shape index (κ2) is 7.60. The van der Waals surface area contributed by atoms with Crippen LogP contribution in [0.25, 0.3) is 0 Å². The molecule has 0 aromatic heterocycles. The molecule has 1 rings (SSSR count). The highest BCUT2D eigenvalue weighted by molar-refractivity contribution is 5.62. The monoisotopic (exact) mass is 210 g/mol. The molecule has 1 N–H and O–H groups in total. The number of β-amino-alcohol motifs (C(OH)–C–C–N with tert-alkyl or cyclic N) is 1. The summed E-state index contributed by atoms with van der Waals surface area (Å²) in [6, 6.07) is 0. The first-order chi connectivity index (χ1) is 7.38. The van der Waals surface area contributed by atoms with Crippen LogP contribution >= 0.6 is 0 Å². The van der Waals surface area contributed by atoms with Crippen molar-refractivity contribution in [3.8, 4) is 0 Å². The molecule has 0 spiro atoms. The molecule has 3 nitrogen and oxygen atoms in total. The molecular formula is C12H22N2O. The van der Waals surface area contributed by atoms with Crippen molar-refractivity contribution in [2.75, 3.05) is 19.7 Å². The Labute approximate surface area is 92.5 Å². The Morgan fingerprint density at radius 1 is 1.53 bits per heavy atom. The minimum atomic E-state index is 0.232. The minimum absolute atomic E-state index is 0.232. The van der Waals surface area contributed by atoms with Gasteiger partial charge in [-0.3, -0.25) is 9.89 Å². The average Bonchev–Trinajstić information content (AvgIpc) is 2.66. The van der Waals surface area contributed by atoms with Gasteiger partial charge >= 0.3 is 0 Å². The molecule has 1 unspecified atom stereocenters. The Hall–Kier alpha value is -0.670. The van der Waals surface area contributed by atoms with Gasteiger partial charge in [0, 0.05) is 19.3 Å². The van der Waals surface area contributed by atoms with E-state index in [9.17, 15) is 0 Å². The van der Waals surface area contributed by atoms with E-state index in [0.717, 1.165) is 32.4 Å². The van der Waals surface area contributed by atoms with E-state index in [-0.39, 0.29) is 6.61 Å². The Morgan fingerprint density at radius 2 is 2.40 bits per heavy atom. The normalized spacial score (nSPS) is 21.9. The molecular weight excluding hydrogens is 188 g/mol. The van der Waals surface area contributed by atoms with Crippen LogP contribution in [-0.2, 0) is 0 Å². The lowest BCUT2D eigenvalue weighted by Gasteiger charge is -2.21. The number of unbranched alkanes of at least 4 members (excludes halogenated alkanes) is 1. The van der Waals surface area contributed by atoms with Crippen LogP contribution < -0.4 is 0 Å². The molecule has 0 radical (unpaired) electrons. The lowest BCUT2D eigenvalue weighted by Crippen LogP contribution is -2.32. The van der Waals surface area contributed by atoms with Crippen LogP contribution in [0.2, 0.25) is 0 Å². The summed E-state index contributed by atoms with van der Waals surface area (Å²) < 4.78 is 0. The first kappa shape index (κ1) is 12.4. The molecule has 0 aromatic carbocycles. The van der Waals surface area contributed by atoms with Gasteiger partial charge in [-0.2, -0.15) is 0 Å². The third-order valence-corrected chi connectivity index (χ3v) is 2.64. The van der Waals surface area contributed by atoms with Crippen molar-refractivity contribution in [1.29, 1.82) is 0 Å². The van der Waals surface area contributed by atoms with Crippen molar-refractivity contribution in [3.63, 3.8) is 0 Å². The van der Waals surface area contributed by atoms with Gasteiger partial charge in [0.25, 0.3) is 0 Å². The maximum atomic E-state index is 8.88. The topological polar surface area (TPSA) is 35.8 Å². The summed E-state index contributed by atoms with van der Waals surface area (Å²) in [5, 5.41) is 8.88.